The van der Waals surface area contributed by atoms with Crippen molar-refractivity contribution in [1.82, 2.24) is 0 Å². The zero-order chi connectivity index (χ0) is 66.1. The summed E-state index contributed by atoms with van der Waals surface area (Å²) in [5.74, 6) is -2.31. The number of carboxylic acid groups (broad SMARTS) is 1. The Balaban J connectivity index is 4.18. The van der Waals surface area contributed by atoms with Gasteiger partial charge in [0.25, 0.3) is 0 Å². The Kier molecular flexibility index (Phi) is 65.9. The summed E-state index contributed by atoms with van der Waals surface area (Å²) in [5.41, 5.74) is 0. The molecule has 0 rings (SSSR count). The van der Waals surface area contributed by atoms with Crippen LogP contribution in [0.2, 0.25) is 0 Å². The first-order chi connectivity index (χ1) is 44.6. The molecule has 2 atom stereocenters. The summed E-state index contributed by atoms with van der Waals surface area (Å²) >= 11 is 0. The van der Waals surface area contributed by atoms with Crippen LogP contribution in [0.4, 0.5) is 0 Å². The number of nitrogens with zero attached hydrogens (tertiary/aromatic N) is 1. The molecule has 9 nitrogen and oxygen atoms in total. The molecule has 0 heterocycles. The maximum Gasteiger partial charge on any atom is 0.306 e. The first-order valence-electron chi connectivity index (χ1n) is 35.9. The number of carbonyl (C=O) groups excluding carboxylic acids is 3. The van der Waals surface area contributed by atoms with Crippen molar-refractivity contribution >= 4 is 17.9 Å². The molecule has 0 aromatic heterocycles. The Labute approximate surface area is 558 Å². The first-order valence-corrected chi connectivity index (χ1v) is 35.9. The van der Waals surface area contributed by atoms with Gasteiger partial charge >= 0.3 is 11.9 Å². The summed E-state index contributed by atoms with van der Waals surface area (Å²) < 4.78 is 22.8. The third kappa shape index (κ3) is 71.7. The van der Waals surface area contributed by atoms with E-state index in [1.54, 1.807) is 0 Å². The van der Waals surface area contributed by atoms with Crippen LogP contribution >= 0.6 is 0 Å². The highest BCUT2D eigenvalue weighted by molar-refractivity contribution is 5.70. The minimum absolute atomic E-state index is 0.136. The lowest BCUT2D eigenvalue weighted by molar-refractivity contribution is -0.870. The van der Waals surface area contributed by atoms with Crippen molar-refractivity contribution in [2.75, 3.05) is 47.5 Å². The summed E-state index contributed by atoms with van der Waals surface area (Å²) in [7, 11) is 5.92. The molecule has 2 unspecified atom stereocenters. The lowest BCUT2D eigenvalue weighted by Crippen LogP contribution is -2.44. The van der Waals surface area contributed by atoms with E-state index in [-0.39, 0.29) is 38.6 Å². The summed E-state index contributed by atoms with van der Waals surface area (Å²) in [6.07, 6.45) is 104. The van der Waals surface area contributed by atoms with E-state index in [0.717, 1.165) is 154 Å². The van der Waals surface area contributed by atoms with E-state index >= 15 is 0 Å². The largest absolute Gasteiger partial charge is 0.545 e. The second kappa shape index (κ2) is 70.3. The Hall–Kier alpha value is -5.61. The van der Waals surface area contributed by atoms with Gasteiger partial charge in [0.15, 0.2) is 12.4 Å². The number of carboxylic acids is 1. The number of hydrogen-bond acceptors (Lipinski definition) is 8. The Morgan fingerprint density at radius 2 is 0.593 bits per heavy atom. The summed E-state index contributed by atoms with van der Waals surface area (Å²) in [6, 6.07) is 0. The number of unbranched alkanes of at least 4 members (excludes halogenated alkanes) is 19. The van der Waals surface area contributed by atoms with Gasteiger partial charge in [-0.25, -0.2) is 0 Å². The molecule has 0 aliphatic carbocycles. The molecule has 0 saturated heterocycles. The molecule has 0 aliphatic rings. The van der Waals surface area contributed by atoms with Gasteiger partial charge in [-0.2, -0.15) is 0 Å². The van der Waals surface area contributed by atoms with E-state index < -0.39 is 24.3 Å². The molecule has 512 valence electrons. The highest BCUT2D eigenvalue weighted by Crippen LogP contribution is 2.16. The van der Waals surface area contributed by atoms with Crippen LogP contribution in [0, 0.1) is 0 Å². The van der Waals surface area contributed by atoms with Crippen molar-refractivity contribution in [2.24, 2.45) is 0 Å². The normalized spacial score (nSPS) is 13.8. The number of hydrogen-bond donors (Lipinski definition) is 0. The molecular formula is C82H131NO8. The molecule has 0 N–H and O–H groups in total. The Morgan fingerprint density at radius 1 is 0.330 bits per heavy atom. The van der Waals surface area contributed by atoms with E-state index in [1.165, 1.54) is 70.6 Å². The van der Waals surface area contributed by atoms with E-state index in [0.29, 0.717) is 17.4 Å². The van der Waals surface area contributed by atoms with Gasteiger partial charge in [-0.3, -0.25) is 9.59 Å². The molecule has 0 bridgehead atoms. The number of quaternary nitrogens is 1. The van der Waals surface area contributed by atoms with Gasteiger partial charge in [0.2, 0.25) is 0 Å². The molecule has 0 aliphatic heterocycles. The highest BCUT2D eigenvalue weighted by Gasteiger charge is 2.22. The molecule has 0 aromatic rings. The van der Waals surface area contributed by atoms with E-state index in [4.69, 9.17) is 18.9 Å². The molecule has 0 saturated carbocycles. The minimum atomic E-state index is -1.64. The smallest absolute Gasteiger partial charge is 0.306 e. The number of likely N-dealkylation sites (N-methyl/N-ethyl adjacent to an activating group) is 1. The topological polar surface area (TPSA) is 111 Å². The number of allylic oxidation sites excluding steroid dienone is 30. The van der Waals surface area contributed by atoms with E-state index in [2.05, 4.69) is 196 Å². The van der Waals surface area contributed by atoms with Gasteiger partial charge < -0.3 is 33.3 Å². The number of aliphatic carboxylic acids is 1. The standard InChI is InChI=1S/C82H131NO8/c1-6-8-10-12-14-16-18-20-22-24-26-28-30-32-34-35-36-37-38-39-40-41-42-43-44-45-47-49-51-53-55-57-59-61-63-65-67-69-71-73-80(85)91-78(77-90-82(81(86)87)88-75-74-83(3,4)5)76-89-79(84)72-70-68-66-64-62-60-58-56-54-52-50-48-46-33-31-29-27-25-23-21-19-17-15-13-11-9-7-2/h8-11,14-17,20-23,26-29,32-34,36-37,39-40,42-43,45-47,50,52,78,82H,6-7,12-13,18-19,24-25,30-31,35,38,41,44,48-49,51,53-77H2,1-5H3/b10-8-,11-9-,16-14-,17-15-,22-20-,23-21-,28-26-,29-27-,34-32-,37-36-,40-39-,43-42-,46-33-,47-45-,52-50-. The number of ether oxygens (including phenoxy) is 4. The number of esters is 2. The third-order valence-electron chi connectivity index (χ3n) is 14.6. The van der Waals surface area contributed by atoms with Gasteiger partial charge in [-0.05, 0) is 135 Å². The predicted octanol–water partition coefficient (Wildman–Crippen LogP) is 21.5. The first kappa shape index (κ1) is 85.4. The number of carbonyl (C=O) groups is 3. The fraction of sp³-hybridized carbons (Fsp3) is 0.598. The van der Waals surface area contributed by atoms with Crippen LogP contribution in [-0.4, -0.2) is 82.3 Å². The van der Waals surface area contributed by atoms with Crippen molar-refractivity contribution in [3.8, 4) is 0 Å². The van der Waals surface area contributed by atoms with Crippen LogP contribution in [0.1, 0.15) is 258 Å². The summed E-state index contributed by atoms with van der Waals surface area (Å²) in [6.45, 7) is 4.49. The zero-order valence-electron chi connectivity index (χ0n) is 58.4. The quantitative estimate of drug-likeness (QED) is 0.0195. The molecule has 91 heavy (non-hydrogen) atoms. The van der Waals surface area contributed by atoms with Crippen molar-refractivity contribution in [1.29, 1.82) is 0 Å². The van der Waals surface area contributed by atoms with Gasteiger partial charge in [0.1, 0.15) is 13.2 Å². The lowest BCUT2D eigenvalue weighted by atomic mass is 10.0. The Bertz CT molecular complexity index is 2150. The van der Waals surface area contributed by atoms with E-state index in [1.807, 2.05) is 21.1 Å². The number of rotatable bonds is 64. The van der Waals surface area contributed by atoms with Crippen LogP contribution in [0.3, 0.4) is 0 Å². The SMILES string of the molecule is CC/C=C\C/C=C\C/C=C\C/C=C\C/C=C\C/C=C\C/C=C\C/C=C\C/C=C\CCCCCCCCCCCCCC(=O)OC(COC(=O)CCCCCCCCCC/C=C\C/C=C\C/C=C\C/C=C\C/C=C\C/C=C\CC)COC(OCC[N+](C)(C)C)C(=O)[O-]. The molecule has 0 aromatic carbocycles. The van der Waals surface area contributed by atoms with Gasteiger partial charge in [0, 0.05) is 12.8 Å². The van der Waals surface area contributed by atoms with Crippen LogP contribution < -0.4 is 5.11 Å². The van der Waals surface area contributed by atoms with Gasteiger partial charge in [-0.15, -0.1) is 0 Å². The van der Waals surface area contributed by atoms with Crippen LogP contribution in [0.15, 0.2) is 182 Å². The maximum atomic E-state index is 12.9. The van der Waals surface area contributed by atoms with Crippen LogP contribution in [0.5, 0.6) is 0 Å². The van der Waals surface area contributed by atoms with Crippen molar-refractivity contribution < 1.29 is 42.9 Å². The van der Waals surface area contributed by atoms with Crippen molar-refractivity contribution in [3.05, 3.63) is 182 Å². The summed E-state index contributed by atoms with van der Waals surface area (Å²) in [5, 5.41) is 11.8. The Morgan fingerprint density at radius 3 is 0.879 bits per heavy atom. The monoisotopic (exact) mass is 1260 g/mol. The zero-order valence-corrected chi connectivity index (χ0v) is 58.4. The average Bonchev–Trinajstić information content (AvgIpc) is 3.46. The summed E-state index contributed by atoms with van der Waals surface area (Å²) in [4.78, 5) is 37.5. The third-order valence-corrected chi connectivity index (χ3v) is 14.6. The van der Waals surface area contributed by atoms with E-state index in [9.17, 15) is 19.5 Å². The van der Waals surface area contributed by atoms with Crippen molar-refractivity contribution in [2.45, 2.75) is 270 Å². The molecule has 0 amide bonds. The molecule has 0 radical (unpaired) electrons. The maximum absolute atomic E-state index is 12.9. The molecule has 9 heteroatoms. The minimum Gasteiger partial charge on any atom is -0.545 e. The van der Waals surface area contributed by atoms with Crippen LogP contribution in [0.25, 0.3) is 0 Å². The second-order valence-electron chi connectivity index (χ2n) is 24.4. The fourth-order valence-electron chi connectivity index (χ4n) is 9.24. The van der Waals surface area contributed by atoms with Crippen LogP contribution in [-0.2, 0) is 33.3 Å². The predicted molar refractivity (Wildman–Crippen MR) is 388 cm³/mol. The lowest BCUT2D eigenvalue weighted by Gasteiger charge is -2.26. The molecule has 0 spiro atoms. The highest BCUT2D eigenvalue weighted by atomic mass is 16.7. The van der Waals surface area contributed by atoms with Gasteiger partial charge in [-0.1, -0.05) is 292 Å². The second-order valence-corrected chi connectivity index (χ2v) is 24.4. The van der Waals surface area contributed by atoms with Crippen molar-refractivity contribution in [3.63, 3.8) is 0 Å². The molecular weight excluding hydrogens is 1130 g/mol. The molecule has 0 fully saturated rings. The van der Waals surface area contributed by atoms with Gasteiger partial charge in [0.05, 0.1) is 40.3 Å². The fourth-order valence-corrected chi connectivity index (χ4v) is 9.24. The average molecular weight is 1260 g/mol.